The highest BCUT2D eigenvalue weighted by Crippen LogP contribution is 2.50. The van der Waals surface area contributed by atoms with Crippen LogP contribution in [-0.2, 0) is 17.3 Å². The molecule has 0 heterocycles. The van der Waals surface area contributed by atoms with Crippen LogP contribution >= 0.6 is 0 Å². The maximum atomic E-state index is 2.44. The van der Waals surface area contributed by atoms with Gasteiger partial charge in [0.05, 0.1) is 0 Å². The second-order valence-electron chi connectivity index (χ2n) is 7.83. The van der Waals surface area contributed by atoms with Crippen LogP contribution < -0.4 is 0 Å². The van der Waals surface area contributed by atoms with Crippen molar-refractivity contribution in [3.05, 3.63) is 58.7 Å². The fourth-order valence-corrected chi connectivity index (χ4v) is 3.62. The van der Waals surface area contributed by atoms with E-state index < -0.39 is 0 Å². The van der Waals surface area contributed by atoms with Crippen LogP contribution in [0.15, 0.2) is 36.4 Å². The first kappa shape index (κ1) is 14.4. The van der Waals surface area contributed by atoms with E-state index in [9.17, 15) is 0 Å². The van der Waals surface area contributed by atoms with Crippen molar-refractivity contribution in [2.75, 3.05) is 0 Å². The minimum atomic E-state index is 0.108. The topological polar surface area (TPSA) is 0 Å². The molecule has 0 unspecified atom stereocenters. The highest BCUT2D eigenvalue weighted by atomic mass is 14.4. The van der Waals surface area contributed by atoms with Gasteiger partial charge in [0.25, 0.3) is 0 Å². The lowest BCUT2D eigenvalue weighted by atomic mass is 9.79. The summed E-state index contributed by atoms with van der Waals surface area (Å²) in [6, 6.07) is 13.9. The van der Waals surface area contributed by atoms with Gasteiger partial charge in [-0.2, -0.15) is 0 Å². The van der Waals surface area contributed by atoms with E-state index in [1.807, 2.05) is 0 Å². The number of aryl methyl sites for hydroxylation is 1. The Morgan fingerprint density at radius 2 is 1.67 bits per heavy atom. The zero-order chi connectivity index (χ0) is 15.4. The smallest absolute Gasteiger partial charge is 0.0159 e. The summed E-state index contributed by atoms with van der Waals surface area (Å²) in [5.41, 5.74) is 9.13. The van der Waals surface area contributed by atoms with Crippen LogP contribution in [0, 0.1) is 0 Å². The van der Waals surface area contributed by atoms with Crippen LogP contribution in [0.4, 0.5) is 0 Å². The van der Waals surface area contributed by atoms with Crippen LogP contribution in [0.25, 0.3) is 11.1 Å². The van der Waals surface area contributed by atoms with Gasteiger partial charge in [0.2, 0.25) is 0 Å². The van der Waals surface area contributed by atoms with E-state index in [4.69, 9.17) is 0 Å². The molecule has 0 saturated carbocycles. The molecule has 0 aliphatic heterocycles. The molecule has 0 amide bonds. The molecule has 1 aliphatic rings. The van der Waals surface area contributed by atoms with Gasteiger partial charge in [0.1, 0.15) is 0 Å². The maximum absolute atomic E-state index is 2.44. The number of rotatable bonds is 1. The van der Waals surface area contributed by atoms with E-state index in [2.05, 4.69) is 77.9 Å². The Hall–Kier alpha value is -1.56. The standard InChI is InChI=1S/C21H26/c1-7-14-9-8-10-17-19(14)16-12-11-15(20(2,3)4)13-18(16)21(17,5)6/h8-13H,7H2,1-6H3. The zero-order valence-electron chi connectivity index (χ0n) is 14.2. The average molecular weight is 278 g/mol. The van der Waals surface area contributed by atoms with Crippen molar-refractivity contribution in [1.82, 2.24) is 0 Å². The van der Waals surface area contributed by atoms with Crippen molar-refractivity contribution in [1.29, 1.82) is 0 Å². The van der Waals surface area contributed by atoms with Gasteiger partial charge >= 0.3 is 0 Å². The largest absolute Gasteiger partial charge is 0.0616 e. The molecule has 21 heavy (non-hydrogen) atoms. The van der Waals surface area contributed by atoms with Gasteiger partial charge in [-0.15, -0.1) is 0 Å². The molecule has 0 saturated heterocycles. The Morgan fingerprint density at radius 1 is 0.952 bits per heavy atom. The van der Waals surface area contributed by atoms with Gasteiger partial charge in [-0.25, -0.2) is 0 Å². The minimum Gasteiger partial charge on any atom is -0.0616 e. The third kappa shape index (κ3) is 2.04. The fourth-order valence-electron chi connectivity index (χ4n) is 3.62. The molecule has 0 N–H and O–H groups in total. The number of benzene rings is 2. The van der Waals surface area contributed by atoms with Gasteiger partial charge < -0.3 is 0 Å². The Kier molecular flexibility index (Phi) is 3.06. The van der Waals surface area contributed by atoms with Gasteiger partial charge in [-0.1, -0.05) is 77.9 Å². The third-order valence-electron chi connectivity index (χ3n) is 5.03. The Morgan fingerprint density at radius 3 is 2.29 bits per heavy atom. The van der Waals surface area contributed by atoms with Crippen molar-refractivity contribution in [3.8, 4) is 11.1 Å². The highest BCUT2D eigenvalue weighted by molar-refractivity contribution is 5.83. The van der Waals surface area contributed by atoms with Crippen molar-refractivity contribution in [3.63, 3.8) is 0 Å². The normalized spacial score (nSPS) is 15.7. The summed E-state index contributed by atoms with van der Waals surface area (Å²) in [6.07, 6.45) is 1.10. The summed E-state index contributed by atoms with van der Waals surface area (Å²) >= 11 is 0. The maximum Gasteiger partial charge on any atom is 0.0159 e. The summed E-state index contributed by atoms with van der Waals surface area (Å²) in [5, 5.41) is 0. The van der Waals surface area contributed by atoms with E-state index in [1.165, 1.54) is 33.4 Å². The van der Waals surface area contributed by atoms with Crippen LogP contribution in [0.3, 0.4) is 0 Å². The Labute approximate surface area is 129 Å². The quantitative estimate of drug-likeness (QED) is 0.613. The van der Waals surface area contributed by atoms with Crippen LogP contribution in [0.5, 0.6) is 0 Å². The van der Waals surface area contributed by atoms with Crippen molar-refractivity contribution >= 4 is 0 Å². The molecule has 0 radical (unpaired) electrons. The molecule has 110 valence electrons. The van der Waals surface area contributed by atoms with E-state index in [0.29, 0.717) is 0 Å². The van der Waals surface area contributed by atoms with E-state index in [1.54, 1.807) is 0 Å². The van der Waals surface area contributed by atoms with Crippen molar-refractivity contribution in [2.45, 2.75) is 58.8 Å². The van der Waals surface area contributed by atoms with E-state index >= 15 is 0 Å². The van der Waals surface area contributed by atoms with Gasteiger partial charge in [-0.3, -0.25) is 0 Å². The lowest BCUT2D eigenvalue weighted by Gasteiger charge is -2.25. The summed E-state index contributed by atoms with van der Waals surface area (Å²) in [6.45, 7) is 13.9. The lowest BCUT2D eigenvalue weighted by Crippen LogP contribution is -2.17. The SMILES string of the molecule is CCc1cccc2c1-c1ccc(C(C)(C)C)cc1C2(C)C. The Balaban J connectivity index is 2.30. The van der Waals surface area contributed by atoms with Crippen LogP contribution in [0.2, 0.25) is 0 Å². The summed E-state index contributed by atoms with van der Waals surface area (Å²) in [7, 11) is 0. The lowest BCUT2D eigenvalue weighted by molar-refractivity contribution is 0.584. The molecule has 3 rings (SSSR count). The number of hydrogen-bond acceptors (Lipinski definition) is 0. The van der Waals surface area contributed by atoms with Gasteiger partial charge in [0, 0.05) is 5.41 Å². The zero-order valence-corrected chi connectivity index (χ0v) is 14.2. The Bertz CT molecular complexity index is 696. The summed E-state index contributed by atoms with van der Waals surface area (Å²) in [5.74, 6) is 0. The molecule has 0 nitrogen and oxygen atoms in total. The van der Waals surface area contributed by atoms with Crippen LogP contribution in [0.1, 0.15) is 63.8 Å². The first-order valence-electron chi connectivity index (χ1n) is 8.04. The first-order chi connectivity index (χ1) is 9.76. The monoisotopic (exact) mass is 278 g/mol. The molecule has 0 bridgehead atoms. The predicted octanol–water partition coefficient (Wildman–Crippen LogP) is 5.85. The third-order valence-corrected chi connectivity index (χ3v) is 5.03. The van der Waals surface area contributed by atoms with E-state index in [0.717, 1.165) is 6.42 Å². The fraction of sp³-hybridized carbons (Fsp3) is 0.429. The predicted molar refractivity (Wildman–Crippen MR) is 92.1 cm³/mol. The molecule has 0 atom stereocenters. The molecule has 1 aliphatic carbocycles. The van der Waals surface area contributed by atoms with Crippen LogP contribution in [-0.4, -0.2) is 0 Å². The molecule has 0 fully saturated rings. The summed E-state index contributed by atoms with van der Waals surface area (Å²) < 4.78 is 0. The molecule has 2 aromatic rings. The second-order valence-corrected chi connectivity index (χ2v) is 7.83. The van der Waals surface area contributed by atoms with Gasteiger partial charge in [-0.05, 0) is 45.2 Å². The van der Waals surface area contributed by atoms with Gasteiger partial charge in [0.15, 0.2) is 0 Å². The molecule has 0 aromatic heterocycles. The van der Waals surface area contributed by atoms with E-state index in [-0.39, 0.29) is 10.8 Å². The molecule has 2 aromatic carbocycles. The molecule has 0 heteroatoms. The number of fused-ring (bicyclic) bond motifs is 3. The summed E-state index contributed by atoms with van der Waals surface area (Å²) in [4.78, 5) is 0. The molecular weight excluding hydrogens is 252 g/mol. The number of hydrogen-bond donors (Lipinski definition) is 0. The van der Waals surface area contributed by atoms with Crippen molar-refractivity contribution in [2.24, 2.45) is 0 Å². The molecule has 0 spiro atoms. The second kappa shape index (κ2) is 4.47. The highest BCUT2D eigenvalue weighted by Gasteiger charge is 2.37. The minimum absolute atomic E-state index is 0.108. The van der Waals surface area contributed by atoms with Crippen molar-refractivity contribution < 1.29 is 0 Å². The molecular formula is C21H26. The first-order valence-corrected chi connectivity index (χ1v) is 8.04. The average Bonchev–Trinajstić information content (AvgIpc) is 2.66.